The van der Waals surface area contributed by atoms with Crippen LogP contribution in [-0.4, -0.2) is 56.6 Å². The number of alkyl halides is 1. The van der Waals surface area contributed by atoms with Crippen LogP contribution in [0.2, 0.25) is 0 Å². The molecule has 1 fully saturated rings. The molecule has 1 aliphatic rings. The second-order valence-electron chi connectivity index (χ2n) is 3.78. The van der Waals surface area contributed by atoms with Gasteiger partial charge in [-0.15, -0.1) is 0 Å². The van der Waals surface area contributed by atoms with Crippen LogP contribution in [0.1, 0.15) is 6.42 Å². The average Bonchev–Trinajstić information content (AvgIpc) is 2.14. The summed E-state index contributed by atoms with van der Waals surface area (Å²) in [5.41, 5.74) is 0. The molecule has 16 heavy (non-hydrogen) atoms. The van der Waals surface area contributed by atoms with Crippen molar-refractivity contribution < 1.29 is 26.9 Å². The van der Waals surface area contributed by atoms with Gasteiger partial charge in [0.05, 0.1) is 19.4 Å². The first-order valence-corrected chi connectivity index (χ1v) is 6.57. The highest BCUT2D eigenvalue weighted by Gasteiger charge is 2.32. The van der Waals surface area contributed by atoms with Crippen molar-refractivity contribution in [3.8, 4) is 0 Å². The van der Waals surface area contributed by atoms with Crippen molar-refractivity contribution in [3.63, 3.8) is 0 Å². The minimum Gasteiger partial charge on any atom is -0.465 e. The first-order chi connectivity index (χ1) is 7.29. The predicted octanol–water partition coefficient (Wildman–Crippen LogP) is 0.301. The number of hydrogen-bond acceptors (Lipinski definition) is 4. The molecule has 0 saturated carbocycles. The lowest BCUT2D eigenvalue weighted by Crippen LogP contribution is -2.45. The quantitative estimate of drug-likeness (QED) is 0.733. The molecule has 1 saturated heterocycles. The van der Waals surface area contributed by atoms with Crippen molar-refractivity contribution in [2.75, 3.05) is 26.0 Å². The van der Waals surface area contributed by atoms with Gasteiger partial charge in [0.2, 0.25) is 0 Å². The van der Waals surface area contributed by atoms with Crippen LogP contribution in [0.4, 0.5) is 9.18 Å². The standard InChI is InChI=1S/C8H14FNO5S/c1-16(13,14)15-5-6-2-3-10(8(11)12)4-7(6)9/h6-7H,2-5H2,1H3,(H,11,12)/t6-,7+/m0/s1. The summed E-state index contributed by atoms with van der Waals surface area (Å²) in [5, 5.41) is 8.63. The number of rotatable bonds is 3. The molecule has 0 aromatic rings. The summed E-state index contributed by atoms with van der Waals surface area (Å²) in [5.74, 6) is -0.565. The number of hydrogen-bond donors (Lipinski definition) is 1. The van der Waals surface area contributed by atoms with E-state index in [-0.39, 0.29) is 26.1 Å². The molecule has 1 amide bonds. The van der Waals surface area contributed by atoms with Gasteiger partial charge >= 0.3 is 6.09 Å². The monoisotopic (exact) mass is 255 g/mol. The Hall–Kier alpha value is -0.890. The number of nitrogens with zero attached hydrogens (tertiary/aromatic N) is 1. The molecule has 0 radical (unpaired) electrons. The normalized spacial score (nSPS) is 26.8. The largest absolute Gasteiger partial charge is 0.465 e. The van der Waals surface area contributed by atoms with Gasteiger partial charge in [0.15, 0.2) is 0 Å². The Morgan fingerprint density at radius 1 is 1.62 bits per heavy atom. The number of likely N-dealkylation sites (tertiary alicyclic amines) is 1. The fraction of sp³-hybridized carbons (Fsp3) is 0.875. The van der Waals surface area contributed by atoms with Gasteiger partial charge < -0.3 is 10.0 Å². The Morgan fingerprint density at radius 3 is 2.69 bits per heavy atom. The van der Waals surface area contributed by atoms with E-state index in [1.54, 1.807) is 0 Å². The summed E-state index contributed by atoms with van der Waals surface area (Å²) < 4.78 is 39.4. The highest BCUT2D eigenvalue weighted by Crippen LogP contribution is 2.21. The fourth-order valence-electron chi connectivity index (χ4n) is 1.53. The average molecular weight is 255 g/mol. The molecule has 8 heteroatoms. The van der Waals surface area contributed by atoms with Crippen LogP contribution in [0.25, 0.3) is 0 Å². The van der Waals surface area contributed by atoms with E-state index < -0.39 is 28.3 Å². The topological polar surface area (TPSA) is 83.9 Å². The summed E-state index contributed by atoms with van der Waals surface area (Å²) in [7, 11) is -3.57. The van der Waals surface area contributed by atoms with Gasteiger partial charge in [-0.25, -0.2) is 9.18 Å². The van der Waals surface area contributed by atoms with E-state index in [1.165, 1.54) is 0 Å². The number of amides is 1. The second-order valence-corrected chi connectivity index (χ2v) is 5.43. The van der Waals surface area contributed by atoms with Crippen molar-refractivity contribution in [1.29, 1.82) is 0 Å². The van der Waals surface area contributed by atoms with Crippen molar-refractivity contribution in [2.45, 2.75) is 12.6 Å². The molecule has 0 aromatic heterocycles. The first-order valence-electron chi connectivity index (χ1n) is 4.76. The van der Waals surface area contributed by atoms with Gasteiger partial charge in [0.1, 0.15) is 6.17 Å². The summed E-state index contributed by atoms with van der Waals surface area (Å²) in [6, 6.07) is 0. The fourth-order valence-corrected chi connectivity index (χ4v) is 1.95. The van der Waals surface area contributed by atoms with Crippen LogP contribution in [-0.2, 0) is 14.3 Å². The lowest BCUT2D eigenvalue weighted by atomic mass is 9.96. The van der Waals surface area contributed by atoms with Gasteiger partial charge in [-0.1, -0.05) is 0 Å². The minimum absolute atomic E-state index is 0.202. The van der Waals surface area contributed by atoms with Crippen LogP contribution < -0.4 is 0 Å². The molecule has 1 rings (SSSR count). The Labute approximate surface area is 93.1 Å². The minimum atomic E-state index is -3.57. The molecule has 0 spiro atoms. The molecule has 94 valence electrons. The summed E-state index contributed by atoms with van der Waals surface area (Å²) in [4.78, 5) is 11.5. The van der Waals surface area contributed by atoms with E-state index in [1.807, 2.05) is 0 Å². The first kappa shape index (κ1) is 13.2. The third-order valence-electron chi connectivity index (χ3n) is 2.44. The van der Waals surface area contributed by atoms with Gasteiger partial charge in [-0.05, 0) is 6.42 Å². The van der Waals surface area contributed by atoms with Gasteiger partial charge in [-0.3, -0.25) is 4.18 Å². The lowest BCUT2D eigenvalue weighted by Gasteiger charge is -2.32. The van der Waals surface area contributed by atoms with Crippen LogP contribution in [0, 0.1) is 5.92 Å². The molecule has 6 nitrogen and oxygen atoms in total. The van der Waals surface area contributed by atoms with Gasteiger partial charge in [0, 0.05) is 12.5 Å². The van der Waals surface area contributed by atoms with Crippen molar-refractivity contribution >= 4 is 16.2 Å². The van der Waals surface area contributed by atoms with Crippen LogP contribution >= 0.6 is 0 Å². The highest BCUT2D eigenvalue weighted by molar-refractivity contribution is 7.85. The van der Waals surface area contributed by atoms with E-state index in [0.717, 1.165) is 11.2 Å². The molecular weight excluding hydrogens is 241 g/mol. The van der Waals surface area contributed by atoms with Gasteiger partial charge in [-0.2, -0.15) is 8.42 Å². The van der Waals surface area contributed by atoms with E-state index in [2.05, 4.69) is 4.18 Å². The van der Waals surface area contributed by atoms with E-state index in [0.29, 0.717) is 0 Å². The van der Waals surface area contributed by atoms with Crippen LogP contribution in [0.15, 0.2) is 0 Å². The van der Waals surface area contributed by atoms with Crippen molar-refractivity contribution in [1.82, 2.24) is 4.90 Å². The zero-order chi connectivity index (χ0) is 12.3. The van der Waals surface area contributed by atoms with Crippen LogP contribution in [0.3, 0.4) is 0 Å². The number of carboxylic acid groups (broad SMARTS) is 1. The lowest BCUT2D eigenvalue weighted by molar-refractivity contribution is 0.0565. The molecule has 1 aliphatic heterocycles. The molecule has 0 aliphatic carbocycles. The highest BCUT2D eigenvalue weighted by atomic mass is 32.2. The van der Waals surface area contributed by atoms with Gasteiger partial charge in [0.25, 0.3) is 10.1 Å². The summed E-state index contributed by atoms with van der Waals surface area (Å²) >= 11 is 0. The van der Waals surface area contributed by atoms with E-state index >= 15 is 0 Å². The third kappa shape index (κ3) is 3.93. The van der Waals surface area contributed by atoms with Crippen molar-refractivity contribution in [2.24, 2.45) is 5.92 Å². The maximum Gasteiger partial charge on any atom is 0.407 e. The molecule has 2 atom stereocenters. The Balaban J connectivity index is 2.45. The van der Waals surface area contributed by atoms with E-state index in [4.69, 9.17) is 5.11 Å². The number of halogens is 1. The smallest absolute Gasteiger partial charge is 0.407 e. The molecular formula is C8H14FNO5S. The zero-order valence-corrected chi connectivity index (χ0v) is 9.61. The number of carbonyl (C=O) groups is 1. The maximum atomic E-state index is 13.5. The molecule has 1 heterocycles. The molecule has 0 bridgehead atoms. The third-order valence-corrected chi connectivity index (χ3v) is 3.01. The molecule has 1 N–H and O–H groups in total. The van der Waals surface area contributed by atoms with Crippen LogP contribution in [0.5, 0.6) is 0 Å². The Kier molecular flexibility index (Phi) is 4.09. The maximum absolute atomic E-state index is 13.5. The number of piperidine rings is 1. The Bertz CT molecular complexity index is 357. The van der Waals surface area contributed by atoms with Crippen molar-refractivity contribution in [3.05, 3.63) is 0 Å². The molecule has 0 unspecified atom stereocenters. The zero-order valence-electron chi connectivity index (χ0n) is 8.80. The Morgan fingerprint density at radius 2 is 2.25 bits per heavy atom. The molecule has 0 aromatic carbocycles. The second kappa shape index (κ2) is 4.96. The summed E-state index contributed by atoms with van der Waals surface area (Å²) in [6.07, 6.45) is -1.38. The SMILES string of the molecule is CS(=O)(=O)OC[C@@H]1CCN(C(=O)O)C[C@H]1F. The predicted molar refractivity (Wildman–Crippen MR) is 53.4 cm³/mol. The summed E-state index contributed by atoms with van der Waals surface area (Å²) in [6.45, 7) is -0.256. The van der Waals surface area contributed by atoms with E-state index in [9.17, 15) is 17.6 Å².